The Balaban J connectivity index is 1.99. The fourth-order valence-electron chi connectivity index (χ4n) is 2.16. The van der Waals surface area contributed by atoms with Crippen LogP contribution in [0.2, 0.25) is 0 Å². The minimum atomic E-state index is -0.0902. The van der Waals surface area contributed by atoms with Gasteiger partial charge in [-0.3, -0.25) is 4.79 Å². The topological polar surface area (TPSA) is 65.1 Å². The molecule has 0 spiro atoms. The van der Waals surface area contributed by atoms with Crippen LogP contribution in [0.25, 0.3) is 10.9 Å². The van der Waals surface area contributed by atoms with E-state index in [1.165, 1.54) is 0 Å². The first-order valence-electron chi connectivity index (χ1n) is 6.71. The molecule has 1 aromatic heterocycles. The highest BCUT2D eigenvalue weighted by atomic mass is 16.3. The van der Waals surface area contributed by atoms with Crippen molar-refractivity contribution in [1.82, 2.24) is 10.3 Å². The van der Waals surface area contributed by atoms with Crippen LogP contribution in [0, 0.1) is 5.92 Å². The van der Waals surface area contributed by atoms with E-state index in [0.29, 0.717) is 18.2 Å². The summed E-state index contributed by atoms with van der Waals surface area (Å²) in [5, 5.41) is 12.9. The lowest BCUT2D eigenvalue weighted by Gasteiger charge is -2.13. The van der Waals surface area contributed by atoms with Gasteiger partial charge in [0.2, 0.25) is 0 Å². The average Bonchev–Trinajstić information content (AvgIpc) is 2.87. The summed E-state index contributed by atoms with van der Waals surface area (Å²) in [5.41, 5.74) is 1.55. The predicted molar refractivity (Wildman–Crippen MR) is 76.1 cm³/mol. The molecule has 4 heteroatoms. The van der Waals surface area contributed by atoms with E-state index >= 15 is 0 Å². The minimum absolute atomic E-state index is 0.0902. The maximum Gasteiger partial charge on any atom is 0.267 e. The Bertz CT molecular complexity index is 515. The standard InChI is InChI=1S/C15H20N2O2/c1-2-11(7-8-18)10-16-15(19)14-9-12-5-3-4-6-13(12)17-14/h3-6,9,11,17-18H,2,7-8,10H2,1H3,(H,16,19). The number of aliphatic hydroxyl groups is 1. The molecule has 1 unspecified atom stereocenters. The lowest BCUT2D eigenvalue weighted by atomic mass is 10.0. The zero-order valence-corrected chi connectivity index (χ0v) is 11.1. The Hall–Kier alpha value is -1.81. The van der Waals surface area contributed by atoms with Crippen molar-refractivity contribution in [3.05, 3.63) is 36.0 Å². The van der Waals surface area contributed by atoms with E-state index in [-0.39, 0.29) is 12.5 Å². The summed E-state index contributed by atoms with van der Waals surface area (Å²) < 4.78 is 0. The number of para-hydroxylation sites is 1. The summed E-state index contributed by atoms with van der Waals surface area (Å²) in [6, 6.07) is 9.68. The van der Waals surface area contributed by atoms with Crippen molar-refractivity contribution >= 4 is 16.8 Å². The number of aromatic nitrogens is 1. The number of fused-ring (bicyclic) bond motifs is 1. The minimum Gasteiger partial charge on any atom is -0.396 e. The van der Waals surface area contributed by atoms with Crippen molar-refractivity contribution in [2.45, 2.75) is 19.8 Å². The van der Waals surface area contributed by atoms with Gasteiger partial charge in [-0.25, -0.2) is 0 Å². The van der Waals surface area contributed by atoms with Crippen LogP contribution >= 0.6 is 0 Å². The molecule has 0 aliphatic rings. The second kappa shape index (κ2) is 6.38. The zero-order valence-electron chi connectivity index (χ0n) is 11.1. The molecule has 0 bridgehead atoms. The smallest absolute Gasteiger partial charge is 0.267 e. The number of rotatable bonds is 6. The second-order valence-corrected chi connectivity index (χ2v) is 4.77. The lowest BCUT2D eigenvalue weighted by molar-refractivity contribution is 0.0939. The third-order valence-electron chi connectivity index (χ3n) is 3.44. The van der Waals surface area contributed by atoms with Gasteiger partial charge in [-0.05, 0) is 24.5 Å². The van der Waals surface area contributed by atoms with E-state index in [1.807, 2.05) is 30.3 Å². The number of H-pyrrole nitrogens is 1. The molecule has 0 radical (unpaired) electrons. The van der Waals surface area contributed by atoms with Crippen molar-refractivity contribution in [1.29, 1.82) is 0 Å². The summed E-state index contributed by atoms with van der Waals surface area (Å²) >= 11 is 0. The molecule has 0 saturated heterocycles. The first kappa shape index (κ1) is 13.6. The van der Waals surface area contributed by atoms with Gasteiger partial charge in [0.1, 0.15) is 5.69 Å². The summed E-state index contributed by atoms with van der Waals surface area (Å²) in [6.07, 6.45) is 1.68. The molecule has 4 nitrogen and oxygen atoms in total. The summed E-state index contributed by atoms with van der Waals surface area (Å²) in [6.45, 7) is 2.83. The third-order valence-corrected chi connectivity index (χ3v) is 3.44. The number of aliphatic hydroxyl groups excluding tert-OH is 1. The van der Waals surface area contributed by atoms with Crippen molar-refractivity contribution in [2.75, 3.05) is 13.2 Å². The molecule has 0 aliphatic heterocycles. The number of hydrogen-bond acceptors (Lipinski definition) is 2. The number of nitrogens with one attached hydrogen (secondary N) is 2. The quantitative estimate of drug-likeness (QED) is 0.746. The Morgan fingerprint density at radius 2 is 2.21 bits per heavy atom. The van der Waals surface area contributed by atoms with Gasteiger partial charge >= 0.3 is 0 Å². The van der Waals surface area contributed by atoms with E-state index in [4.69, 9.17) is 5.11 Å². The highest BCUT2D eigenvalue weighted by Gasteiger charge is 2.11. The maximum absolute atomic E-state index is 12.0. The molecule has 1 heterocycles. The van der Waals surface area contributed by atoms with Gasteiger partial charge in [0.25, 0.3) is 5.91 Å². The number of amides is 1. The summed E-state index contributed by atoms with van der Waals surface area (Å²) in [4.78, 5) is 15.1. The third kappa shape index (κ3) is 3.35. The number of aromatic amines is 1. The van der Waals surface area contributed by atoms with Crippen LogP contribution in [0.3, 0.4) is 0 Å². The van der Waals surface area contributed by atoms with Gasteiger partial charge in [0.05, 0.1) is 0 Å². The van der Waals surface area contributed by atoms with Crippen LogP contribution in [-0.2, 0) is 0 Å². The average molecular weight is 260 g/mol. The number of carbonyl (C=O) groups excluding carboxylic acids is 1. The van der Waals surface area contributed by atoms with Gasteiger partial charge in [0, 0.05) is 24.1 Å². The highest BCUT2D eigenvalue weighted by Crippen LogP contribution is 2.14. The Morgan fingerprint density at radius 3 is 2.89 bits per heavy atom. The first-order valence-corrected chi connectivity index (χ1v) is 6.71. The van der Waals surface area contributed by atoms with Crippen LogP contribution in [0.5, 0.6) is 0 Å². The van der Waals surface area contributed by atoms with Gasteiger partial charge in [-0.1, -0.05) is 31.5 Å². The van der Waals surface area contributed by atoms with E-state index < -0.39 is 0 Å². The molecule has 1 aromatic carbocycles. The van der Waals surface area contributed by atoms with Crippen molar-refractivity contribution < 1.29 is 9.90 Å². The molecular weight excluding hydrogens is 240 g/mol. The van der Waals surface area contributed by atoms with Gasteiger partial charge in [0.15, 0.2) is 0 Å². The molecular formula is C15H20N2O2. The molecule has 1 amide bonds. The van der Waals surface area contributed by atoms with Crippen LogP contribution in [0.4, 0.5) is 0 Å². The Morgan fingerprint density at radius 1 is 1.42 bits per heavy atom. The van der Waals surface area contributed by atoms with Crippen molar-refractivity contribution in [2.24, 2.45) is 5.92 Å². The van der Waals surface area contributed by atoms with Crippen LogP contribution in [0.15, 0.2) is 30.3 Å². The molecule has 1 atom stereocenters. The zero-order chi connectivity index (χ0) is 13.7. The molecule has 0 fully saturated rings. The molecule has 0 aliphatic carbocycles. The van der Waals surface area contributed by atoms with Gasteiger partial charge in [-0.15, -0.1) is 0 Å². The SMILES string of the molecule is CCC(CCO)CNC(=O)c1cc2ccccc2[nH]1. The van der Waals surface area contributed by atoms with Gasteiger partial charge < -0.3 is 15.4 Å². The fourth-order valence-corrected chi connectivity index (χ4v) is 2.16. The molecule has 2 rings (SSSR count). The molecule has 102 valence electrons. The number of benzene rings is 1. The number of carbonyl (C=O) groups is 1. The van der Waals surface area contributed by atoms with Gasteiger partial charge in [-0.2, -0.15) is 0 Å². The largest absolute Gasteiger partial charge is 0.396 e. The van der Waals surface area contributed by atoms with Crippen LogP contribution in [0.1, 0.15) is 30.3 Å². The molecule has 2 aromatic rings. The second-order valence-electron chi connectivity index (χ2n) is 4.77. The van der Waals surface area contributed by atoms with Crippen LogP contribution < -0.4 is 5.32 Å². The lowest BCUT2D eigenvalue weighted by Crippen LogP contribution is -2.29. The summed E-state index contributed by atoms with van der Waals surface area (Å²) in [5.74, 6) is 0.242. The fraction of sp³-hybridized carbons (Fsp3) is 0.400. The van der Waals surface area contributed by atoms with E-state index in [1.54, 1.807) is 0 Å². The monoisotopic (exact) mass is 260 g/mol. The molecule has 19 heavy (non-hydrogen) atoms. The van der Waals surface area contributed by atoms with E-state index in [2.05, 4.69) is 17.2 Å². The Labute approximate surface area is 112 Å². The van der Waals surface area contributed by atoms with Crippen LogP contribution in [-0.4, -0.2) is 29.1 Å². The van der Waals surface area contributed by atoms with Crippen molar-refractivity contribution in [3.8, 4) is 0 Å². The van der Waals surface area contributed by atoms with E-state index in [9.17, 15) is 4.79 Å². The highest BCUT2D eigenvalue weighted by molar-refractivity contribution is 5.97. The Kier molecular flexibility index (Phi) is 4.58. The first-order chi connectivity index (χ1) is 9.24. The van der Waals surface area contributed by atoms with E-state index in [0.717, 1.165) is 23.7 Å². The summed E-state index contributed by atoms with van der Waals surface area (Å²) in [7, 11) is 0. The van der Waals surface area contributed by atoms with Crippen molar-refractivity contribution in [3.63, 3.8) is 0 Å². The predicted octanol–water partition coefficient (Wildman–Crippen LogP) is 2.31. The maximum atomic E-state index is 12.0. The molecule has 3 N–H and O–H groups in total. The molecule has 0 saturated carbocycles. The number of hydrogen-bond donors (Lipinski definition) is 3. The normalized spacial score (nSPS) is 12.5.